The summed E-state index contributed by atoms with van der Waals surface area (Å²) in [4.78, 5) is 0. The molecule has 3 nitrogen and oxygen atoms in total. The number of nitrogens with one attached hydrogen (secondary N) is 1. The van der Waals surface area contributed by atoms with E-state index >= 15 is 0 Å². The molecule has 1 heterocycles. The summed E-state index contributed by atoms with van der Waals surface area (Å²) >= 11 is 0. The van der Waals surface area contributed by atoms with Crippen molar-refractivity contribution in [2.75, 3.05) is 0 Å². The third-order valence-electron chi connectivity index (χ3n) is 3.81. The molecule has 0 bridgehead atoms. The van der Waals surface area contributed by atoms with Gasteiger partial charge in [-0.05, 0) is 43.4 Å². The molecule has 3 heteroatoms. The molecule has 1 aromatic heterocycles. The molecule has 106 valence electrons. The van der Waals surface area contributed by atoms with Gasteiger partial charge in [-0.25, -0.2) is 0 Å². The zero-order valence-electron chi connectivity index (χ0n) is 12.4. The van der Waals surface area contributed by atoms with Crippen molar-refractivity contribution in [3.63, 3.8) is 0 Å². The molecule has 3 rings (SSSR count). The van der Waals surface area contributed by atoms with Gasteiger partial charge in [0.15, 0.2) is 0 Å². The smallest absolute Gasteiger partial charge is 0.0672 e. The van der Waals surface area contributed by atoms with Gasteiger partial charge in [0.1, 0.15) is 0 Å². The van der Waals surface area contributed by atoms with Crippen molar-refractivity contribution in [3.05, 3.63) is 41.7 Å². The Morgan fingerprint density at radius 1 is 1.35 bits per heavy atom. The fraction of sp³-hybridized carbons (Fsp3) is 0.471. The first-order valence-electron chi connectivity index (χ1n) is 7.63. The minimum atomic E-state index is 0.757. The molecule has 0 spiro atoms. The molecule has 0 amide bonds. The van der Waals surface area contributed by atoms with Crippen molar-refractivity contribution >= 4 is 0 Å². The van der Waals surface area contributed by atoms with E-state index < -0.39 is 0 Å². The van der Waals surface area contributed by atoms with Gasteiger partial charge in [-0.2, -0.15) is 5.10 Å². The van der Waals surface area contributed by atoms with Crippen LogP contribution in [0.2, 0.25) is 0 Å². The highest BCUT2D eigenvalue weighted by Gasteiger charge is 2.19. The Kier molecular flexibility index (Phi) is 3.88. The fourth-order valence-electron chi connectivity index (χ4n) is 2.54. The Balaban J connectivity index is 1.79. The predicted molar refractivity (Wildman–Crippen MR) is 82.6 cm³/mol. The van der Waals surface area contributed by atoms with Crippen molar-refractivity contribution < 1.29 is 0 Å². The largest absolute Gasteiger partial charge is 0.310 e. The van der Waals surface area contributed by atoms with Crippen LogP contribution in [0.1, 0.15) is 37.4 Å². The minimum Gasteiger partial charge on any atom is -0.310 e. The Hall–Kier alpha value is -1.61. The predicted octanol–water partition coefficient (Wildman–Crippen LogP) is 3.52. The van der Waals surface area contributed by atoms with E-state index in [-0.39, 0.29) is 0 Å². The number of rotatable bonds is 6. The quantitative estimate of drug-likeness (QED) is 0.869. The lowest BCUT2D eigenvalue weighted by molar-refractivity contribution is 0.598. The molecule has 1 aliphatic carbocycles. The number of benzene rings is 1. The van der Waals surface area contributed by atoms with Gasteiger partial charge < -0.3 is 5.32 Å². The van der Waals surface area contributed by atoms with Crippen LogP contribution in [-0.4, -0.2) is 15.8 Å². The van der Waals surface area contributed by atoms with Crippen molar-refractivity contribution in [2.45, 2.75) is 52.2 Å². The van der Waals surface area contributed by atoms with Gasteiger partial charge in [0.05, 0.1) is 5.69 Å². The summed E-state index contributed by atoms with van der Waals surface area (Å²) in [6.45, 7) is 6.24. The molecule has 1 aliphatic rings. The van der Waals surface area contributed by atoms with Crippen LogP contribution < -0.4 is 5.32 Å². The van der Waals surface area contributed by atoms with Gasteiger partial charge in [-0.3, -0.25) is 4.68 Å². The first kappa shape index (κ1) is 13.4. The Labute approximate surface area is 121 Å². The lowest BCUT2D eigenvalue weighted by Gasteiger charge is -2.05. The van der Waals surface area contributed by atoms with Crippen LogP contribution in [0, 0.1) is 6.92 Å². The topological polar surface area (TPSA) is 29.9 Å². The average molecular weight is 269 g/mol. The summed E-state index contributed by atoms with van der Waals surface area (Å²) in [7, 11) is 0. The second-order valence-corrected chi connectivity index (χ2v) is 5.75. The highest BCUT2D eigenvalue weighted by molar-refractivity contribution is 5.65. The maximum atomic E-state index is 4.59. The Bertz CT molecular complexity index is 582. The highest BCUT2D eigenvalue weighted by atomic mass is 15.3. The van der Waals surface area contributed by atoms with E-state index in [0.29, 0.717) is 0 Å². The highest BCUT2D eigenvalue weighted by Crippen LogP contribution is 2.24. The first-order valence-corrected chi connectivity index (χ1v) is 7.63. The van der Waals surface area contributed by atoms with Crippen molar-refractivity contribution in [1.29, 1.82) is 0 Å². The fourth-order valence-corrected chi connectivity index (χ4v) is 2.54. The second kappa shape index (κ2) is 5.80. The second-order valence-electron chi connectivity index (χ2n) is 5.75. The zero-order chi connectivity index (χ0) is 13.9. The van der Waals surface area contributed by atoms with Gasteiger partial charge in [0.2, 0.25) is 0 Å². The molecule has 1 N–H and O–H groups in total. The van der Waals surface area contributed by atoms with E-state index in [1.54, 1.807) is 0 Å². The Morgan fingerprint density at radius 3 is 2.95 bits per heavy atom. The van der Waals surface area contributed by atoms with E-state index in [9.17, 15) is 0 Å². The van der Waals surface area contributed by atoms with Gasteiger partial charge in [0.25, 0.3) is 0 Å². The van der Waals surface area contributed by atoms with Crippen LogP contribution in [0.25, 0.3) is 11.1 Å². The number of hydrogen-bond acceptors (Lipinski definition) is 2. The van der Waals surface area contributed by atoms with Gasteiger partial charge in [0, 0.05) is 30.9 Å². The van der Waals surface area contributed by atoms with Crippen molar-refractivity contribution in [1.82, 2.24) is 15.1 Å². The van der Waals surface area contributed by atoms with Crippen LogP contribution in [0.5, 0.6) is 0 Å². The van der Waals surface area contributed by atoms with E-state index in [1.165, 1.54) is 29.5 Å². The minimum absolute atomic E-state index is 0.757. The van der Waals surface area contributed by atoms with Crippen LogP contribution in [0.3, 0.4) is 0 Å². The Morgan fingerprint density at radius 2 is 2.20 bits per heavy atom. The molecule has 0 saturated heterocycles. The standard InChI is InChI=1S/C17H23N3/c1-3-9-20-12-17(13(2)19-20)15-6-4-5-14(10-15)11-18-16-7-8-16/h4-6,10,12,16,18H,3,7-9,11H2,1-2H3. The molecule has 2 aromatic rings. The SMILES string of the molecule is CCCn1cc(-c2cccc(CNC3CC3)c2)c(C)n1. The van der Waals surface area contributed by atoms with Crippen molar-refractivity contribution in [2.24, 2.45) is 0 Å². The third-order valence-corrected chi connectivity index (χ3v) is 3.81. The first-order chi connectivity index (χ1) is 9.76. The van der Waals surface area contributed by atoms with Gasteiger partial charge in [-0.1, -0.05) is 25.1 Å². The number of aromatic nitrogens is 2. The molecule has 1 aromatic carbocycles. The molecule has 0 aliphatic heterocycles. The van der Waals surface area contributed by atoms with Crippen LogP contribution >= 0.6 is 0 Å². The zero-order valence-corrected chi connectivity index (χ0v) is 12.4. The summed E-state index contributed by atoms with van der Waals surface area (Å²) in [5.74, 6) is 0. The average Bonchev–Trinajstić information content (AvgIpc) is 3.20. The molecular formula is C17H23N3. The molecule has 1 fully saturated rings. The van der Waals surface area contributed by atoms with Crippen molar-refractivity contribution in [3.8, 4) is 11.1 Å². The van der Waals surface area contributed by atoms with Crippen LogP contribution in [0.4, 0.5) is 0 Å². The molecule has 0 radical (unpaired) electrons. The summed E-state index contributed by atoms with van der Waals surface area (Å²) in [5, 5.41) is 8.16. The van der Waals surface area contributed by atoms with E-state index in [0.717, 1.165) is 31.2 Å². The van der Waals surface area contributed by atoms with Crippen LogP contribution in [-0.2, 0) is 13.1 Å². The van der Waals surface area contributed by atoms with Gasteiger partial charge >= 0.3 is 0 Å². The molecule has 0 atom stereocenters. The number of nitrogens with zero attached hydrogens (tertiary/aromatic N) is 2. The molecular weight excluding hydrogens is 246 g/mol. The molecule has 20 heavy (non-hydrogen) atoms. The summed E-state index contributed by atoms with van der Waals surface area (Å²) < 4.78 is 2.06. The van der Waals surface area contributed by atoms with Gasteiger partial charge in [-0.15, -0.1) is 0 Å². The normalized spacial score (nSPS) is 14.7. The summed E-state index contributed by atoms with van der Waals surface area (Å²) in [6, 6.07) is 9.57. The maximum absolute atomic E-state index is 4.59. The number of hydrogen-bond donors (Lipinski definition) is 1. The molecule has 0 unspecified atom stereocenters. The monoisotopic (exact) mass is 269 g/mol. The lowest BCUT2D eigenvalue weighted by atomic mass is 10.0. The van der Waals surface area contributed by atoms with E-state index in [2.05, 4.69) is 59.4 Å². The lowest BCUT2D eigenvalue weighted by Crippen LogP contribution is -2.15. The maximum Gasteiger partial charge on any atom is 0.0672 e. The summed E-state index contributed by atoms with van der Waals surface area (Å²) in [5.41, 5.74) is 5.01. The van der Waals surface area contributed by atoms with Crippen LogP contribution in [0.15, 0.2) is 30.5 Å². The molecule has 1 saturated carbocycles. The van der Waals surface area contributed by atoms with E-state index in [1.807, 2.05) is 0 Å². The third kappa shape index (κ3) is 3.10. The van der Waals surface area contributed by atoms with E-state index in [4.69, 9.17) is 0 Å². The summed E-state index contributed by atoms with van der Waals surface area (Å²) in [6.07, 6.45) is 5.96. The number of aryl methyl sites for hydroxylation is 2.